The minimum atomic E-state index is -4.33. The number of phenolic OH excluding ortho intramolecular Hbond substituents is 1. The van der Waals surface area contributed by atoms with Gasteiger partial charge < -0.3 is 10.0 Å². The lowest BCUT2D eigenvalue weighted by molar-refractivity contribution is -0.200. The van der Waals surface area contributed by atoms with Gasteiger partial charge in [0, 0.05) is 19.5 Å². The number of amides is 1. The average molecular weight is 315 g/mol. The Bertz CT molecular complexity index is 530. The number of aromatic hydroxyl groups is 1. The molecule has 0 bridgehead atoms. The number of nitrogens with zero attached hydrogens (tertiary/aromatic N) is 1. The standard InChI is InChI=1S/C16H20F3NO2/c1-20(10-11-5-4-6-12(21)9-11)15(22)13-7-2-3-8-14(13)16(17,18)19/h4-6,9,13-14,21H,2-3,7-8,10H2,1H3/t13-,14-/m0/s1. The largest absolute Gasteiger partial charge is 0.508 e. The third kappa shape index (κ3) is 3.93. The van der Waals surface area contributed by atoms with E-state index in [9.17, 15) is 23.1 Å². The summed E-state index contributed by atoms with van der Waals surface area (Å²) in [5, 5.41) is 9.41. The first-order chi connectivity index (χ1) is 10.3. The number of alkyl halides is 3. The molecule has 6 heteroatoms. The molecular weight excluding hydrogens is 295 g/mol. The molecule has 0 aromatic heterocycles. The molecule has 1 saturated carbocycles. The second-order valence-electron chi connectivity index (χ2n) is 5.90. The molecule has 2 atom stereocenters. The van der Waals surface area contributed by atoms with E-state index in [1.165, 1.54) is 24.1 Å². The highest BCUT2D eigenvalue weighted by molar-refractivity contribution is 5.79. The molecular formula is C16H20F3NO2. The summed E-state index contributed by atoms with van der Waals surface area (Å²) in [6.45, 7) is 0.189. The van der Waals surface area contributed by atoms with Gasteiger partial charge in [-0.25, -0.2) is 0 Å². The summed E-state index contributed by atoms with van der Waals surface area (Å²) in [5.41, 5.74) is 0.690. The molecule has 22 heavy (non-hydrogen) atoms. The van der Waals surface area contributed by atoms with Gasteiger partial charge >= 0.3 is 6.18 Å². The van der Waals surface area contributed by atoms with Crippen molar-refractivity contribution in [2.45, 2.75) is 38.4 Å². The number of hydrogen-bond donors (Lipinski definition) is 1. The molecule has 2 rings (SSSR count). The van der Waals surface area contributed by atoms with E-state index in [0.29, 0.717) is 18.4 Å². The van der Waals surface area contributed by atoms with E-state index in [-0.39, 0.29) is 25.1 Å². The van der Waals surface area contributed by atoms with Crippen LogP contribution in [0.25, 0.3) is 0 Å². The van der Waals surface area contributed by atoms with Crippen LogP contribution < -0.4 is 0 Å². The van der Waals surface area contributed by atoms with Crippen molar-refractivity contribution in [3.8, 4) is 5.75 Å². The van der Waals surface area contributed by atoms with E-state index in [1.54, 1.807) is 12.1 Å². The first-order valence-corrected chi connectivity index (χ1v) is 7.38. The molecule has 1 aliphatic carbocycles. The normalized spacial score (nSPS) is 22.4. The summed E-state index contributed by atoms with van der Waals surface area (Å²) in [5.74, 6) is -2.93. The number of carbonyl (C=O) groups excluding carboxylic acids is 1. The lowest BCUT2D eigenvalue weighted by Gasteiger charge is -2.34. The second-order valence-corrected chi connectivity index (χ2v) is 5.90. The molecule has 0 aliphatic heterocycles. The van der Waals surface area contributed by atoms with E-state index < -0.39 is 23.9 Å². The fraction of sp³-hybridized carbons (Fsp3) is 0.562. The van der Waals surface area contributed by atoms with Crippen LogP contribution in [0.5, 0.6) is 5.75 Å². The maximum Gasteiger partial charge on any atom is 0.392 e. The van der Waals surface area contributed by atoms with E-state index in [4.69, 9.17) is 0 Å². The molecule has 3 nitrogen and oxygen atoms in total. The summed E-state index contributed by atoms with van der Waals surface area (Å²) in [6.07, 6.45) is -2.84. The van der Waals surface area contributed by atoms with Crippen LogP contribution in [0.15, 0.2) is 24.3 Å². The van der Waals surface area contributed by atoms with E-state index in [0.717, 1.165) is 0 Å². The van der Waals surface area contributed by atoms with Crippen LogP contribution >= 0.6 is 0 Å². The first-order valence-electron chi connectivity index (χ1n) is 7.38. The monoisotopic (exact) mass is 315 g/mol. The van der Waals surface area contributed by atoms with Crippen LogP contribution in [-0.4, -0.2) is 29.1 Å². The molecule has 1 aromatic carbocycles. The summed E-state index contributed by atoms with van der Waals surface area (Å²) < 4.78 is 39.3. The van der Waals surface area contributed by atoms with Crippen molar-refractivity contribution >= 4 is 5.91 Å². The topological polar surface area (TPSA) is 40.5 Å². The van der Waals surface area contributed by atoms with Gasteiger partial charge in [-0.2, -0.15) is 13.2 Å². The number of benzene rings is 1. The maximum atomic E-state index is 13.1. The molecule has 1 fully saturated rings. The minimum Gasteiger partial charge on any atom is -0.508 e. The van der Waals surface area contributed by atoms with Crippen LogP contribution in [-0.2, 0) is 11.3 Å². The Morgan fingerprint density at radius 2 is 2.00 bits per heavy atom. The smallest absolute Gasteiger partial charge is 0.392 e. The van der Waals surface area contributed by atoms with Crippen LogP contribution in [0.4, 0.5) is 13.2 Å². The summed E-state index contributed by atoms with van der Waals surface area (Å²) >= 11 is 0. The SMILES string of the molecule is CN(Cc1cccc(O)c1)C(=O)[C@H]1CCCC[C@@H]1C(F)(F)F. The molecule has 1 N–H and O–H groups in total. The summed E-state index contributed by atoms with van der Waals surface area (Å²) in [4.78, 5) is 13.7. The molecule has 0 spiro atoms. The Labute approximate surface area is 127 Å². The van der Waals surface area contributed by atoms with Crippen molar-refractivity contribution in [3.05, 3.63) is 29.8 Å². The lowest BCUT2D eigenvalue weighted by Crippen LogP contribution is -2.43. The zero-order valence-corrected chi connectivity index (χ0v) is 12.4. The molecule has 1 amide bonds. The van der Waals surface area contributed by atoms with Gasteiger partial charge in [0.2, 0.25) is 5.91 Å². The van der Waals surface area contributed by atoms with Crippen molar-refractivity contribution in [1.29, 1.82) is 0 Å². The van der Waals surface area contributed by atoms with Crippen molar-refractivity contribution in [2.24, 2.45) is 11.8 Å². The Morgan fingerprint density at radius 3 is 2.64 bits per heavy atom. The lowest BCUT2D eigenvalue weighted by atomic mass is 9.78. The van der Waals surface area contributed by atoms with Gasteiger partial charge in [0.15, 0.2) is 0 Å². The zero-order chi connectivity index (χ0) is 16.3. The molecule has 122 valence electrons. The van der Waals surface area contributed by atoms with Crippen molar-refractivity contribution in [3.63, 3.8) is 0 Å². The fourth-order valence-corrected chi connectivity index (χ4v) is 3.11. The van der Waals surface area contributed by atoms with Crippen LogP contribution in [0.3, 0.4) is 0 Å². The molecule has 1 aliphatic rings. The molecule has 0 unspecified atom stereocenters. The second kappa shape index (κ2) is 6.58. The van der Waals surface area contributed by atoms with E-state index in [1.807, 2.05) is 0 Å². The molecule has 1 aromatic rings. The van der Waals surface area contributed by atoms with Gasteiger partial charge in [-0.3, -0.25) is 4.79 Å². The molecule has 0 heterocycles. The highest BCUT2D eigenvalue weighted by Crippen LogP contribution is 2.42. The average Bonchev–Trinajstić information content (AvgIpc) is 2.45. The van der Waals surface area contributed by atoms with Gasteiger partial charge in [0.25, 0.3) is 0 Å². The Morgan fingerprint density at radius 1 is 1.32 bits per heavy atom. The van der Waals surface area contributed by atoms with Gasteiger partial charge in [-0.1, -0.05) is 25.0 Å². The Hall–Kier alpha value is -1.72. The Balaban J connectivity index is 2.08. The third-order valence-electron chi connectivity index (χ3n) is 4.21. The first kappa shape index (κ1) is 16.6. The van der Waals surface area contributed by atoms with Crippen molar-refractivity contribution < 1.29 is 23.1 Å². The molecule has 0 saturated heterocycles. The highest BCUT2D eigenvalue weighted by atomic mass is 19.4. The minimum absolute atomic E-state index is 0.0277. The summed E-state index contributed by atoms with van der Waals surface area (Å²) in [6, 6.07) is 6.38. The maximum absolute atomic E-state index is 13.1. The van der Waals surface area contributed by atoms with Gasteiger partial charge in [-0.15, -0.1) is 0 Å². The number of carbonyl (C=O) groups is 1. The predicted molar refractivity (Wildman–Crippen MR) is 76.1 cm³/mol. The van der Waals surface area contributed by atoms with Crippen LogP contribution in [0.2, 0.25) is 0 Å². The molecule has 0 radical (unpaired) electrons. The quantitative estimate of drug-likeness (QED) is 0.923. The summed E-state index contributed by atoms with van der Waals surface area (Å²) in [7, 11) is 1.51. The van der Waals surface area contributed by atoms with Crippen LogP contribution in [0, 0.1) is 11.8 Å². The van der Waals surface area contributed by atoms with Crippen molar-refractivity contribution in [2.75, 3.05) is 7.05 Å². The predicted octanol–water partition coefficient (Wildman–Crippen LogP) is 3.72. The van der Waals surface area contributed by atoms with E-state index in [2.05, 4.69) is 0 Å². The van der Waals surface area contributed by atoms with E-state index >= 15 is 0 Å². The van der Waals surface area contributed by atoms with Crippen LogP contribution in [0.1, 0.15) is 31.2 Å². The highest BCUT2D eigenvalue weighted by Gasteiger charge is 2.48. The number of rotatable bonds is 3. The number of phenols is 1. The van der Waals surface area contributed by atoms with Crippen molar-refractivity contribution in [1.82, 2.24) is 4.90 Å². The number of halogens is 3. The third-order valence-corrected chi connectivity index (χ3v) is 4.21. The fourth-order valence-electron chi connectivity index (χ4n) is 3.11. The van der Waals surface area contributed by atoms with Gasteiger partial charge in [-0.05, 0) is 30.5 Å². The zero-order valence-electron chi connectivity index (χ0n) is 12.4. The van der Waals surface area contributed by atoms with Gasteiger partial charge in [0.05, 0.1) is 5.92 Å². The Kier molecular flexibility index (Phi) is 4.98. The number of hydrogen-bond acceptors (Lipinski definition) is 2. The van der Waals surface area contributed by atoms with Gasteiger partial charge in [0.1, 0.15) is 5.75 Å².